The SMILES string of the molecule is CCc1cc(-c2cccs2)ccc1N(C)c1cc2c(ncn2C)c(N(Cc2ccc(OC)cc2OC)C(=O)C2CC2)n1. The van der Waals surface area contributed by atoms with Crippen LogP contribution in [0, 0.1) is 5.92 Å². The molecule has 0 saturated heterocycles. The second-order valence-corrected chi connectivity index (χ2v) is 11.6. The largest absolute Gasteiger partial charge is 0.497 e. The number of pyridine rings is 1. The molecule has 0 bridgehead atoms. The van der Waals surface area contributed by atoms with E-state index in [-0.39, 0.29) is 11.8 Å². The first-order valence-electron chi connectivity index (χ1n) is 14.2. The van der Waals surface area contributed by atoms with Gasteiger partial charge in [0.25, 0.3) is 0 Å². The third-order valence-electron chi connectivity index (χ3n) is 7.92. The summed E-state index contributed by atoms with van der Waals surface area (Å²) in [7, 11) is 7.26. The summed E-state index contributed by atoms with van der Waals surface area (Å²) in [6.07, 6.45) is 4.43. The molecule has 0 unspecified atom stereocenters. The van der Waals surface area contributed by atoms with Gasteiger partial charge >= 0.3 is 0 Å². The number of aromatic nitrogens is 3. The lowest BCUT2D eigenvalue weighted by atomic mass is 10.0. The molecule has 0 atom stereocenters. The molecule has 1 aliphatic carbocycles. The second kappa shape index (κ2) is 11.5. The van der Waals surface area contributed by atoms with Crippen molar-refractivity contribution in [1.82, 2.24) is 14.5 Å². The van der Waals surface area contributed by atoms with Gasteiger partial charge in [0.05, 0.1) is 32.6 Å². The molecule has 8 nitrogen and oxygen atoms in total. The van der Waals surface area contributed by atoms with Gasteiger partial charge in [0, 0.05) is 48.3 Å². The summed E-state index contributed by atoms with van der Waals surface area (Å²) < 4.78 is 13.1. The molecule has 3 heterocycles. The number of hydrogen-bond acceptors (Lipinski definition) is 7. The first kappa shape index (κ1) is 27.8. The van der Waals surface area contributed by atoms with Gasteiger partial charge in [0.2, 0.25) is 5.91 Å². The first-order valence-corrected chi connectivity index (χ1v) is 15.0. The highest BCUT2D eigenvalue weighted by atomic mass is 32.1. The number of hydrogen-bond donors (Lipinski definition) is 0. The van der Waals surface area contributed by atoms with Crippen LogP contribution >= 0.6 is 11.3 Å². The van der Waals surface area contributed by atoms with Crippen molar-refractivity contribution in [3.05, 3.63) is 77.4 Å². The molecular weight excluding hydrogens is 546 g/mol. The summed E-state index contributed by atoms with van der Waals surface area (Å²) in [5.74, 6) is 2.70. The maximum absolute atomic E-state index is 13.9. The van der Waals surface area contributed by atoms with Crippen LogP contribution in [-0.2, 0) is 24.8 Å². The molecule has 42 heavy (non-hydrogen) atoms. The molecule has 1 amide bonds. The fourth-order valence-corrected chi connectivity index (χ4v) is 6.06. The maximum atomic E-state index is 13.9. The van der Waals surface area contributed by atoms with Crippen LogP contribution in [0.4, 0.5) is 17.3 Å². The number of aryl methyl sites for hydroxylation is 2. The van der Waals surface area contributed by atoms with Gasteiger partial charge in [-0.3, -0.25) is 9.69 Å². The normalized spacial score (nSPS) is 12.9. The number of carbonyl (C=O) groups is 1. The quantitative estimate of drug-likeness (QED) is 0.177. The topological polar surface area (TPSA) is 72.7 Å². The van der Waals surface area contributed by atoms with Crippen molar-refractivity contribution < 1.29 is 14.3 Å². The van der Waals surface area contributed by atoms with Crippen LogP contribution in [0.2, 0.25) is 0 Å². The summed E-state index contributed by atoms with van der Waals surface area (Å²) >= 11 is 1.74. The number of ether oxygens (including phenoxy) is 2. The number of rotatable bonds is 10. The predicted octanol–water partition coefficient (Wildman–Crippen LogP) is 6.99. The van der Waals surface area contributed by atoms with Crippen LogP contribution in [0.3, 0.4) is 0 Å². The van der Waals surface area contributed by atoms with Crippen molar-refractivity contribution in [2.75, 3.05) is 31.1 Å². The van der Waals surface area contributed by atoms with E-state index in [1.54, 1.807) is 36.8 Å². The molecule has 6 rings (SSSR count). The monoisotopic (exact) mass is 581 g/mol. The Hall–Kier alpha value is -4.37. The van der Waals surface area contributed by atoms with Crippen LogP contribution in [0.25, 0.3) is 21.5 Å². The minimum Gasteiger partial charge on any atom is -0.497 e. The maximum Gasteiger partial charge on any atom is 0.231 e. The highest BCUT2D eigenvalue weighted by Crippen LogP contribution is 2.39. The summed E-state index contributed by atoms with van der Waals surface area (Å²) in [5.41, 5.74) is 5.99. The molecule has 0 N–H and O–H groups in total. The standard InChI is InChI=1S/C33H35N5O3S/c1-6-21-16-23(29-8-7-15-42-29)12-14-26(21)37(3)30-18-27-31(34-20-36(27)2)32(35-30)38(33(39)22-9-10-22)19-24-11-13-25(40-4)17-28(24)41-5/h7-8,11-18,20,22H,6,9-10,19H2,1-5H3. The van der Waals surface area contributed by atoms with Gasteiger partial charge in [-0.15, -0.1) is 11.3 Å². The van der Waals surface area contributed by atoms with E-state index in [2.05, 4.69) is 47.5 Å². The summed E-state index contributed by atoms with van der Waals surface area (Å²) in [5, 5.41) is 2.10. The minimum absolute atomic E-state index is 0.00678. The van der Waals surface area contributed by atoms with E-state index >= 15 is 0 Å². The average Bonchev–Trinajstić information content (AvgIpc) is 3.60. The van der Waals surface area contributed by atoms with Gasteiger partial charge in [0.1, 0.15) is 22.8 Å². The lowest BCUT2D eigenvalue weighted by molar-refractivity contribution is -0.119. The summed E-state index contributed by atoms with van der Waals surface area (Å²) in [6.45, 7) is 2.48. The van der Waals surface area contributed by atoms with Crippen LogP contribution in [0.15, 0.2) is 66.3 Å². The molecule has 1 aliphatic rings. The van der Waals surface area contributed by atoms with Crippen LogP contribution in [0.1, 0.15) is 30.9 Å². The zero-order chi connectivity index (χ0) is 29.4. The Morgan fingerprint density at radius 3 is 2.60 bits per heavy atom. The van der Waals surface area contributed by atoms with E-state index in [1.165, 1.54) is 16.0 Å². The van der Waals surface area contributed by atoms with Crippen LogP contribution < -0.4 is 19.3 Å². The number of fused-ring (bicyclic) bond motifs is 1. The van der Waals surface area contributed by atoms with Crippen molar-refractivity contribution in [3.8, 4) is 21.9 Å². The van der Waals surface area contributed by atoms with Gasteiger partial charge < -0.3 is 18.9 Å². The molecule has 2 aromatic carbocycles. The molecule has 1 fully saturated rings. The third kappa shape index (κ3) is 5.20. The number of carbonyl (C=O) groups excluding carboxylic acids is 1. The summed E-state index contributed by atoms with van der Waals surface area (Å²) in [6, 6.07) is 18.5. The number of benzene rings is 2. The van der Waals surface area contributed by atoms with Crippen molar-refractivity contribution >= 4 is 45.6 Å². The fraction of sp³-hybridized carbons (Fsp3) is 0.303. The molecule has 0 spiro atoms. The fourth-order valence-electron chi connectivity index (χ4n) is 5.33. The Balaban J connectivity index is 1.45. The van der Waals surface area contributed by atoms with Gasteiger partial charge in [0.15, 0.2) is 5.82 Å². The molecule has 9 heteroatoms. The Bertz CT molecular complexity index is 1740. The van der Waals surface area contributed by atoms with Gasteiger partial charge in [-0.25, -0.2) is 9.97 Å². The lowest BCUT2D eigenvalue weighted by Crippen LogP contribution is -2.33. The highest BCUT2D eigenvalue weighted by Gasteiger charge is 2.36. The lowest BCUT2D eigenvalue weighted by Gasteiger charge is -2.27. The van der Waals surface area contributed by atoms with Gasteiger partial charge in [-0.1, -0.05) is 19.1 Å². The number of anilines is 3. The molecule has 0 radical (unpaired) electrons. The van der Waals surface area contributed by atoms with E-state index in [1.807, 2.05) is 42.9 Å². The third-order valence-corrected chi connectivity index (χ3v) is 8.84. The number of amides is 1. The summed E-state index contributed by atoms with van der Waals surface area (Å²) in [4.78, 5) is 28.9. The highest BCUT2D eigenvalue weighted by molar-refractivity contribution is 7.13. The number of methoxy groups -OCH3 is 2. The van der Waals surface area contributed by atoms with Crippen molar-refractivity contribution in [3.63, 3.8) is 0 Å². The Morgan fingerprint density at radius 1 is 1.07 bits per heavy atom. The Morgan fingerprint density at radius 2 is 1.90 bits per heavy atom. The number of nitrogens with zero attached hydrogens (tertiary/aromatic N) is 5. The van der Waals surface area contributed by atoms with E-state index < -0.39 is 0 Å². The smallest absolute Gasteiger partial charge is 0.231 e. The molecule has 3 aromatic heterocycles. The van der Waals surface area contributed by atoms with Crippen molar-refractivity contribution in [1.29, 1.82) is 0 Å². The van der Waals surface area contributed by atoms with E-state index in [0.29, 0.717) is 29.4 Å². The van der Waals surface area contributed by atoms with Crippen LogP contribution in [-0.4, -0.2) is 41.7 Å². The minimum atomic E-state index is -0.00678. The zero-order valence-electron chi connectivity index (χ0n) is 24.6. The van der Waals surface area contributed by atoms with Gasteiger partial charge in [-0.2, -0.15) is 0 Å². The van der Waals surface area contributed by atoms with Crippen LogP contribution in [0.5, 0.6) is 11.5 Å². The number of imidazole rings is 1. The molecule has 0 aliphatic heterocycles. The molecular formula is C33H35N5O3S. The molecule has 5 aromatic rings. The predicted molar refractivity (Wildman–Crippen MR) is 169 cm³/mol. The molecule has 1 saturated carbocycles. The Labute approximate surface area is 250 Å². The van der Waals surface area contributed by atoms with Crippen molar-refractivity contribution in [2.45, 2.75) is 32.7 Å². The first-order chi connectivity index (χ1) is 20.4. The average molecular weight is 582 g/mol. The number of thiophene rings is 1. The second-order valence-electron chi connectivity index (χ2n) is 10.6. The van der Waals surface area contributed by atoms with E-state index in [4.69, 9.17) is 19.4 Å². The van der Waals surface area contributed by atoms with Crippen molar-refractivity contribution in [2.24, 2.45) is 13.0 Å². The van der Waals surface area contributed by atoms with E-state index in [0.717, 1.165) is 41.8 Å². The Kier molecular flexibility index (Phi) is 7.60. The van der Waals surface area contributed by atoms with Gasteiger partial charge in [-0.05, 0) is 66.1 Å². The zero-order valence-corrected chi connectivity index (χ0v) is 25.4. The molecule has 216 valence electrons. The van der Waals surface area contributed by atoms with E-state index in [9.17, 15) is 4.79 Å².